The van der Waals surface area contributed by atoms with Crippen LogP contribution in [-0.4, -0.2) is 10.9 Å². The van der Waals surface area contributed by atoms with Crippen LogP contribution in [0, 0.1) is 11.7 Å². The average molecular weight is 492 g/mol. The number of phenols is 1. The summed E-state index contributed by atoms with van der Waals surface area (Å²) in [6.45, 7) is 4.36. The summed E-state index contributed by atoms with van der Waals surface area (Å²) in [4.78, 5) is 13.2. The Kier molecular flexibility index (Phi) is 6.66. The third kappa shape index (κ3) is 5.05. The molecule has 3 nitrogen and oxygen atoms in total. The fourth-order valence-corrected chi connectivity index (χ4v) is 5.39. The summed E-state index contributed by atoms with van der Waals surface area (Å²) in [5, 5.41) is 15.2. The first-order chi connectivity index (χ1) is 17.8. The number of Topliss-reactive ketones (excluding diaryl/α,β-unsaturated/α-hetero) is 1. The number of hydrogen-bond donors (Lipinski definition) is 2. The monoisotopic (exact) mass is 491 g/mol. The lowest BCUT2D eigenvalue weighted by Crippen LogP contribution is -2.43. The molecule has 1 unspecified atom stereocenters. The normalized spacial score (nSPS) is 17.9. The van der Waals surface area contributed by atoms with Gasteiger partial charge in [0, 0.05) is 23.9 Å². The third-order valence-corrected chi connectivity index (χ3v) is 7.21. The summed E-state index contributed by atoms with van der Waals surface area (Å²) in [7, 11) is 0. The van der Waals surface area contributed by atoms with Crippen LogP contribution < -0.4 is 15.8 Å². The number of fused-ring (bicyclic) bond motifs is 5. The van der Waals surface area contributed by atoms with Crippen LogP contribution in [0.1, 0.15) is 41.8 Å². The predicted octanol–water partition coefficient (Wildman–Crippen LogP) is 5.67. The van der Waals surface area contributed by atoms with Crippen molar-refractivity contribution in [3.05, 3.63) is 124 Å². The highest BCUT2D eigenvalue weighted by Crippen LogP contribution is 2.35. The number of allylic oxidation sites excluding steroid dienone is 4. The topological polar surface area (TPSA) is 49.3 Å². The minimum Gasteiger partial charge on any atom is -0.508 e. The summed E-state index contributed by atoms with van der Waals surface area (Å²) in [5.74, 6) is -0.313. The van der Waals surface area contributed by atoms with Gasteiger partial charge in [-0.25, -0.2) is 4.39 Å². The van der Waals surface area contributed by atoms with Crippen molar-refractivity contribution in [3.8, 4) is 16.9 Å². The Bertz CT molecular complexity index is 1550. The molecule has 3 aromatic carbocycles. The van der Waals surface area contributed by atoms with Gasteiger partial charge < -0.3 is 10.4 Å². The van der Waals surface area contributed by atoms with Crippen LogP contribution in [0.5, 0.6) is 5.75 Å². The fraction of sp³-hybridized carbons (Fsp3) is 0.182. The molecule has 1 atom stereocenters. The van der Waals surface area contributed by atoms with Crippen LogP contribution in [0.2, 0.25) is 0 Å². The SMILES string of the molecule is C1=CC=CNC=C1.CC1(C)CC(C(=O)c2ccc(F)cc2)C=c2c1ccc1c2=CCc2ccc(O)cc2-1. The van der Waals surface area contributed by atoms with E-state index < -0.39 is 0 Å². The quantitative estimate of drug-likeness (QED) is 0.454. The van der Waals surface area contributed by atoms with Crippen LogP contribution >= 0.6 is 0 Å². The maximum absolute atomic E-state index is 13.3. The second-order valence-corrected chi connectivity index (χ2v) is 10.2. The molecule has 3 aromatic rings. The van der Waals surface area contributed by atoms with Crippen molar-refractivity contribution in [3.63, 3.8) is 0 Å². The molecule has 0 radical (unpaired) electrons. The fourth-order valence-electron chi connectivity index (χ4n) is 5.39. The molecule has 0 saturated carbocycles. The second kappa shape index (κ2) is 10.1. The zero-order chi connectivity index (χ0) is 26.0. The lowest BCUT2D eigenvalue weighted by Gasteiger charge is -2.34. The van der Waals surface area contributed by atoms with Crippen LogP contribution in [0.4, 0.5) is 4.39 Å². The molecule has 186 valence electrons. The van der Waals surface area contributed by atoms with Crippen LogP contribution in [0.25, 0.3) is 23.3 Å². The van der Waals surface area contributed by atoms with Gasteiger partial charge in [-0.3, -0.25) is 4.79 Å². The number of rotatable bonds is 2. The molecule has 37 heavy (non-hydrogen) atoms. The second-order valence-electron chi connectivity index (χ2n) is 10.2. The Balaban J connectivity index is 0.000000348. The van der Waals surface area contributed by atoms with Crippen molar-refractivity contribution in [2.45, 2.75) is 32.1 Å². The molecule has 1 aliphatic heterocycles. The summed E-state index contributed by atoms with van der Waals surface area (Å²) in [6.07, 6.45) is 17.4. The standard InChI is InChI=1S/C27H23FO2.C6H7N/c1-27(2)15-18(26(30)17-3-7-19(28)8-4-17)13-24-22-10-6-16-5-9-20(29)14-23(16)21(22)11-12-25(24)27;1-2-4-6-7-5-3-1/h3-5,7-14,18,29H,6,15H2,1-2H3;1-7H. The number of carbonyl (C=O) groups is 1. The number of ketones is 1. The minimum absolute atomic E-state index is 0.0279. The Morgan fingerprint density at radius 1 is 0.919 bits per heavy atom. The molecule has 2 aliphatic carbocycles. The molecule has 6 rings (SSSR count). The van der Waals surface area contributed by atoms with Crippen molar-refractivity contribution in [1.29, 1.82) is 0 Å². The Labute approximate surface area is 216 Å². The Hall–Kier alpha value is -4.18. The van der Waals surface area contributed by atoms with Gasteiger partial charge in [-0.05, 0) is 99.5 Å². The number of phenolic OH excluding ortho intramolecular Hbond substituents is 1. The summed E-state index contributed by atoms with van der Waals surface area (Å²) >= 11 is 0. The van der Waals surface area contributed by atoms with E-state index in [0.717, 1.165) is 28.0 Å². The van der Waals surface area contributed by atoms with Gasteiger partial charge in [0.2, 0.25) is 0 Å². The molecule has 2 N–H and O–H groups in total. The molecule has 0 fully saturated rings. The van der Waals surface area contributed by atoms with E-state index >= 15 is 0 Å². The molecular weight excluding hydrogens is 461 g/mol. The average Bonchev–Trinajstić information content (AvgIpc) is 3.21. The van der Waals surface area contributed by atoms with Crippen LogP contribution in [-0.2, 0) is 11.8 Å². The van der Waals surface area contributed by atoms with Gasteiger partial charge in [-0.15, -0.1) is 0 Å². The largest absolute Gasteiger partial charge is 0.508 e. The number of benzene rings is 3. The maximum Gasteiger partial charge on any atom is 0.169 e. The maximum atomic E-state index is 13.3. The third-order valence-electron chi connectivity index (χ3n) is 7.21. The molecular formula is C33H30FNO2. The summed E-state index contributed by atoms with van der Waals surface area (Å²) in [5.41, 5.74) is 4.95. The van der Waals surface area contributed by atoms with E-state index in [1.165, 1.54) is 23.3 Å². The van der Waals surface area contributed by atoms with Crippen LogP contribution in [0.15, 0.2) is 91.3 Å². The zero-order valence-corrected chi connectivity index (χ0v) is 21.0. The van der Waals surface area contributed by atoms with E-state index in [1.807, 2.05) is 48.8 Å². The highest BCUT2D eigenvalue weighted by Gasteiger charge is 2.33. The molecule has 1 heterocycles. The first-order valence-electron chi connectivity index (χ1n) is 12.6. The van der Waals surface area contributed by atoms with Gasteiger partial charge >= 0.3 is 0 Å². The lowest BCUT2D eigenvalue weighted by molar-refractivity contribution is 0.0933. The highest BCUT2D eigenvalue weighted by atomic mass is 19.1. The van der Waals surface area contributed by atoms with Crippen molar-refractivity contribution < 1.29 is 14.3 Å². The van der Waals surface area contributed by atoms with Gasteiger partial charge in [-0.1, -0.05) is 56.4 Å². The van der Waals surface area contributed by atoms with Gasteiger partial charge in [0.15, 0.2) is 5.78 Å². The van der Waals surface area contributed by atoms with E-state index in [9.17, 15) is 14.3 Å². The molecule has 0 bridgehead atoms. The molecule has 0 amide bonds. The number of carbonyl (C=O) groups excluding carboxylic acids is 1. The lowest BCUT2D eigenvalue weighted by atomic mass is 9.69. The molecule has 4 heteroatoms. The smallest absolute Gasteiger partial charge is 0.169 e. The van der Waals surface area contributed by atoms with Crippen molar-refractivity contribution in [1.82, 2.24) is 5.32 Å². The number of nitrogens with one attached hydrogen (secondary N) is 1. The van der Waals surface area contributed by atoms with Gasteiger partial charge in [0.25, 0.3) is 0 Å². The number of halogens is 1. The minimum atomic E-state index is -0.338. The van der Waals surface area contributed by atoms with E-state index in [-0.39, 0.29) is 28.7 Å². The van der Waals surface area contributed by atoms with Gasteiger partial charge in [0.1, 0.15) is 11.6 Å². The highest BCUT2D eigenvalue weighted by molar-refractivity contribution is 6.01. The van der Waals surface area contributed by atoms with E-state index in [4.69, 9.17) is 0 Å². The van der Waals surface area contributed by atoms with Crippen molar-refractivity contribution >= 4 is 17.9 Å². The molecule has 0 aromatic heterocycles. The van der Waals surface area contributed by atoms with E-state index in [2.05, 4.69) is 43.4 Å². The Morgan fingerprint density at radius 3 is 2.38 bits per heavy atom. The predicted molar refractivity (Wildman–Crippen MR) is 148 cm³/mol. The Morgan fingerprint density at radius 2 is 1.65 bits per heavy atom. The van der Waals surface area contributed by atoms with Crippen molar-refractivity contribution in [2.24, 2.45) is 5.92 Å². The number of hydrogen-bond acceptors (Lipinski definition) is 3. The van der Waals surface area contributed by atoms with Gasteiger partial charge in [0.05, 0.1) is 0 Å². The zero-order valence-electron chi connectivity index (χ0n) is 21.0. The first kappa shape index (κ1) is 24.5. The first-order valence-corrected chi connectivity index (χ1v) is 12.6. The van der Waals surface area contributed by atoms with E-state index in [0.29, 0.717) is 12.0 Å². The molecule has 0 saturated heterocycles. The summed E-state index contributed by atoms with van der Waals surface area (Å²) in [6, 6.07) is 15.6. The molecule has 3 aliphatic rings. The van der Waals surface area contributed by atoms with Gasteiger partial charge in [-0.2, -0.15) is 0 Å². The van der Waals surface area contributed by atoms with Crippen LogP contribution in [0.3, 0.4) is 0 Å². The number of aromatic hydroxyl groups is 1. The summed E-state index contributed by atoms with van der Waals surface area (Å²) < 4.78 is 13.3. The van der Waals surface area contributed by atoms with E-state index in [1.54, 1.807) is 18.2 Å². The molecule has 0 spiro atoms. The van der Waals surface area contributed by atoms with Crippen molar-refractivity contribution in [2.75, 3.05) is 0 Å².